The van der Waals surface area contributed by atoms with E-state index in [9.17, 15) is 0 Å². The molecule has 21 heavy (non-hydrogen) atoms. The van der Waals surface area contributed by atoms with Gasteiger partial charge in [0.1, 0.15) is 5.84 Å². The molecule has 108 valence electrons. The van der Waals surface area contributed by atoms with E-state index in [-0.39, 0.29) is 5.84 Å². The predicted octanol–water partition coefficient (Wildman–Crippen LogP) is 4.33. The highest BCUT2D eigenvalue weighted by Crippen LogP contribution is 2.36. The van der Waals surface area contributed by atoms with Crippen molar-refractivity contribution in [2.75, 3.05) is 6.26 Å². The second-order valence-corrected chi connectivity index (χ2v) is 7.10. The first-order valence-electron chi connectivity index (χ1n) is 7.00. The maximum absolute atomic E-state index is 7.86. The molecule has 4 heteroatoms. The Morgan fingerprint density at radius 1 is 1.10 bits per heavy atom. The minimum Gasteiger partial charge on any atom is -0.384 e. The molecule has 0 aliphatic heterocycles. The van der Waals surface area contributed by atoms with Gasteiger partial charge in [-0.05, 0) is 60.9 Å². The van der Waals surface area contributed by atoms with Crippen LogP contribution in [0.25, 0.3) is 0 Å². The molecule has 0 unspecified atom stereocenters. The number of nitrogens with one attached hydrogen (secondary N) is 1. The summed E-state index contributed by atoms with van der Waals surface area (Å²) in [5.74, 6) is 0.142. The van der Waals surface area contributed by atoms with E-state index in [0.29, 0.717) is 0 Å². The molecule has 0 spiro atoms. The molecular formula is C17H18N2S2. The quantitative estimate of drug-likeness (QED) is 0.501. The van der Waals surface area contributed by atoms with Crippen LogP contribution >= 0.6 is 23.5 Å². The number of amidine groups is 1. The van der Waals surface area contributed by atoms with Crippen LogP contribution in [-0.4, -0.2) is 12.1 Å². The molecule has 1 aliphatic rings. The van der Waals surface area contributed by atoms with Crippen LogP contribution in [0.4, 0.5) is 0 Å². The van der Waals surface area contributed by atoms with Gasteiger partial charge in [-0.15, -0.1) is 11.8 Å². The number of hydrogen-bond acceptors (Lipinski definition) is 3. The zero-order valence-electron chi connectivity index (χ0n) is 12.0. The maximum Gasteiger partial charge on any atom is 0.125 e. The van der Waals surface area contributed by atoms with Crippen LogP contribution in [0.3, 0.4) is 0 Å². The van der Waals surface area contributed by atoms with Crippen LogP contribution < -0.4 is 5.73 Å². The van der Waals surface area contributed by atoms with Crippen molar-refractivity contribution in [3.63, 3.8) is 0 Å². The van der Waals surface area contributed by atoms with Crippen molar-refractivity contribution in [3.05, 3.63) is 53.1 Å². The highest BCUT2D eigenvalue weighted by molar-refractivity contribution is 8.00. The van der Waals surface area contributed by atoms with Gasteiger partial charge in [-0.2, -0.15) is 0 Å². The molecule has 0 aromatic heterocycles. The third kappa shape index (κ3) is 2.97. The number of thioether (sulfide) groups is 1. The molecule has 0 fully saturated rings. The zero-order valence-corrected chi connectivity index (χ0v) is 13.6. The molecule has 2 nitrogen and oxygen atoms in total. The Kier molecular flexibility index (Phi) is 4.27. The van der Waals surface area contributed by atoms with Crippen LogP contribution in [-0.2, 0) is 12.8 Å². The van der Waals surface area contributed by atoms with Crippen molar-refractivity contribution in [1.82, 2.24) is 0 Å². The largest absolute Gasteiger partial charge is 0.384 e. The third-order valence-corrected chi connectivity index (χ3v) is 5.60. The Bertz CT molecular complexity index is 695. The van der Waals surface area contributed by atoms with E-state index in [1.807, 2.05) is 24.5 Å². The molecule has 0 bridgehead atoms. The van der Waals surface area contributed by atoms with Crippen LogP contribution in [0, 0.1) is 5.41 Å². The second kappa shape index (κ2) is 6.16. The molecule has 0 radical (unpaired) electrons. The number of fused-ring (bicyclic) bond motifs is 1. The number of benzene rings is 2. The van der Waals surface area contributed by atoms with Crippen LogP contribution in [0.15, 0.2) is 51.1 Å². The Labute approximate surface area is 134 Å². The normalized spacial score (nSPS) is 13.2. The van der Waals surface area contributed by atoms with Crippen molar-refractivity contribution in [2.45, 2.75) is 33.9 Å². The number of nitrogen functional groups attached to an aromatic ring is 1. The Morgan fingerprint density at radius 2 is 1.86 bits per heavy atom. The maximum atomic E-state index is 7.86. The molecule has 0 saturated carbocycles. The van der Waals surface area contributed by atoms with Gasteiger partial charge in [-0.1, -0.05) is 23.9 Å². The minimum atomic E-state index is 0.142. The summed E-state index contributed by atoms with van der Waals surface area (Å²) in [5.41, 5.74) is 9.62. The first kappa shape index (κ1) is 14.5. The summed E-state index contributed by atoms with van der Waals surface area (Å²) in [6.07, 6.45) is 5.69. The highest BCUT2D eigenvalue weighted by atomic mass is 32.2. The van der Waals surface area contributed by atoms with Crippen molar-refractivity contribution in [3.8, 4) is 0 Å². The number of aryl methyl sites for hydroxylation is 2. The van der Waals surface area contributed by atoms with Crippen molar-refractivity contribution in [2.24, 2.45) is 5.73 Å². The fourth-order valence-electron chi connectivity index (χ4n) is 2.77. The van der Waals surface area contributed by atoms with Crippen LogP contribution in [0.2, 0.25) is 0 Å². The summed E-state index contributed by atoms with van der Waals surface area (Å²) in [5, 5.41) is 7.86. The summed E-state index contributed by atoms with van der Waals surface area (Å²) < 4.78 is 0. The molecule has 3 N–H and O–H groups in total. The SMILES string of the molecule is CSc1cccc(Sc2ccc3c(c2)CCC3)c1C(=N)N. The Balaban J connectivity index is 1.96. The fourth-order valence-corrected chi connectivity index (χ4v) is 4.53. The van der Waals surface area contributed by atoms with Gasteiger partial charge in [-0.25, -0.2) is 0 Å². The second-order valence-electron chi connectivity index (χ2n) is 5.13. The molecule has 1 aliphatic carbocycles. The summed E-state index contributed by atoms with van der Waals surface area (Å²) in [7, 11) is 0. The molecule has 0 heterocycles. The van der Waals surface area contributed by atoms with Gasteiger partial charge in [0.2, 0.25) is 0 Å². The molecular weight excluding hydrogens is 296 g/mol. The summed E-state index contributed by atoms with van der Waals surface area (Å²) in [6.45, 7) is 0. The van der Waals surface area contributed by atoms with Gasteiger partial charge in [0.25, 0.3) is 0 Å². The topological polar surface area (TPSA) is 49.9 Å². The van der Waals surface area contributed by atoms with Gasteiger partial charge in [0.15, 0.2) is 0 Å². The number of rotatable bonds is 4. The van der Waals surface area contributed by atoms with Gasteiger partial charge in [-0.3, -0.25) is 5.41 Å². The lowest BCUT2D eigenvalue weighted by atomic mass is 10.1. The average molecular weight is 314 g/mol. The van der Waals surface area contributed by atoms with Crippen LogP contribution in [0.5, 0.6) is 0 Å². The smallest absolute Gasteiger partial charge is 0.125 e. The van der Waals surface area contributed by atoms with E-state index in [1.165, 1.54) is 35.3 Å². The Hall–Kier alpha value is -1.39. The summed E-state index contributed by atoms with van der Waals surface area (Å²) in [6, 6.07) is 12.8. The molecule has 0 saturated heterocycles. The number of nitrogens with two attached hydrogens (primary N) is 1. The van der Waals surface area contributed by atoms with Crippen molar-refractivity contribution < 1.29 is 0 Å². The highest BCUT2D eigenvalue weighted by Gasteiger charge is 2.14. The van der Waals surface area contributed by atoms with Crippen molar-refractivity contribution in [1.29, 1.82) is 5.41 Å². The van der Waals surface area contributed by atoms with Gasteiger partial charge < -0.3 is 5.73 Å². The van der Waals surface area contributed by atoms with Gasteiger partial charge >= 0.3 is 0 Å². The van der Waals surface area contributed by atoms with Gasteiger partial charge in [0, 0.05) is 20.2 Å². The lowest BCUT2D eigenvalue weighted by Crippen LogP contribution is -2.13. The monoisotopic (exact) mass is 314 g/mol. The molecule has 2 aromatic carbocycles. The Morgan fingerprint density at radius 3 is 2.62 bits per heavy atom. The summed E-state index contributed by atoms with van der Waals surface area (Å²) >= 11 is 3.34. The van der Waals surface area contributed by atoms with Gasteiger partial charge in [0.05, 0.1) is 0 Å². The third-order valence-electron chi connectivity index (χ3n) is 3.78. The van der Waals surface area contributed by atoms with E-state index < -0.39 is 0 Å². The standard InChI is InChI=1S/C17H18N2S2/c1-20-14-6-3-7-15(16(14)17(18)19)21-13-9-8-11-4-2-5-12(11)10-13/h3,6-10H,2,4-5H2,1H3,(H3,18,19). The van der Waals surface area contributed by atoms with Crippen molar-refractivity contribution >= 4 is 29.4 Å². The molecule has 2 aromatic rings. The molecule has 0 atom stereocenters. The lowest BCUT2D eigenvalue weighted by molar-refractivity contribution is 0.911. The van der Waals surface area contributed by atoms with E-state index in [0.717, 1.165) is 15.4 Å². The van der Waals surface area contributed by atoms with E-state index in [2.05, 4.69) is 18.2 Å². The fraction of sp³-hybridized carbons (Fsp3) is 0.235. The van der Waals surface area contributed by atoms with E-state index >= 15 is 0 Å². The predicted molar refractivity (Wildman–Crippen MR) is 91.8 cm³/mol. The van der Waals surface area contributed by atoms with E-state index in [4.69, 9.17) is 11.1 Å². The average Bonchev–Trinajstić information content (AvgIpc) is 2.94. The summed E-state index contributed by atoms with van der Waals surface area (Å²) in [4.78, 5) is 3.36. The molecule has 3 rings (SSSR count). The number of hydrogen-bond donors (Lipinski definition) is 2. The first-order chi connectivity index (χ1) is 10.2. The van der Waals surface area contributed by atoms with E-state index in [1.54, 1.807) is 23.5 Å². The molecule has 0 amide bonds. The van der Waals surface area contributed by atoms with Crippen LogP contribution in [0.1, 0.15) is 23.1 Å². The first-order valence-corrected chi connectivity index (χ1v) is 9.04. The lowest BCUT2D eigenvalue weighted by Gasteiger charge is -2.12. The minimum absolute atomic E-state index is 0.142. The zero-order chi connectivity index (χ0) is 14.8.